The van der Waals surface area contributed by atoms with E-state index >= 15 is 0 Å². The Hall–Kier alpha value is -1.15. The van der Waals surface area contributed by atoms with Gasteiger partial charge in [0.15, 0.2) is 6.23 Å². The number of hydrogen-bond donors (Lipinski definition) is 3. The Labute approximate surface area is 114 Å². The fourth-order valence-electron chi connectivity index (χ4n) is 2.08. The summed E-state index contributed by atoms with van der Waals surface area (Å²) in [5, 5.41) is 21.3. The van der Waals surface area contributed by atoms with Crippen LogP contribution >= 0.6 is 11.6 Å². The van der Waals surface area contributed by atoms with E-state index in [1.165, 1.54) is 24.1 Å². The van der Waals surface area contributed by atoms with Gasteiger partial charge >= 0.3 is 0 Å². The summed E-state index contributed by atoms with van der Waals surface area (Å²) < 4.78 is 19.2. The molecule has 8 heteroatoms. The molecule has 4 atom stereocenters. The van der Waals surface area contributed by atoms with E-state index in [2.05, 4.69) is 11.9 Å². The zero-order valence-electron chi connectivity index (χ0n) is 10.1. The molecule has 106 valence electrons. The number of hydrogen-bond acceptors (Lipinski definition) is 5. The van der Waals surface area contributed by atoms with Crippen molar-refractivity contribution in [1.82, 2.24) is 10.2 Å². The molecule has 2 heterocycles. The third-order valence-electron chi connectivity index (χ3n) is 3.17. The molecular weight excluding hydrogens is 279 g/mol. The normalized spacial score (nSPS) is 42.7. The Morgan fingerprint density at radius 1 is 1.74 bits per heavy atom. The van der Waals surface area contributed by atoms with Gasteiger partial charge in [0, 0.05) is 12.3 Å². The van der Waals surface area contributed by atoms with E-state index in [4.69, 9.17) is 21.4 Å². The van der Waals surface area contributed by atoms with Crippen molar-refractivity contribution in [2.45, 2.75) is 30.0 Å². The van der Waals surface area contributed by atoms with Crippen molar-refractivity contribution in [3.05, 3.63) is 24.7 Å². The molecule has 0 saturated carbocycles. The SMILES string of the molecule is C=C1NC(=O)C=CN1[C@@H]1O[C@](F)(CO)[C@@H](O)[C@@]1(C)Cl. The highest BCUT2D eigenvalue weighted by Gasteiger charge is 2.63. The second-order valence-corrected chi connectivity index (χ2v) is 5.44. The first-order valence-electron chi connectivity index (χ1n) is 5.53. The summed E-state index contributed by atoms with van der Waals surface area (Å²) >= 11 is 6.13. The number of rotatable bonds is 2. The summed E-state index contributed by atoms with van der Waals surface area (Å²) in [5.74, 6) is -2.92. The molecule has 2 aliphatic rings. The van der Waals surface area contributed by atoms with Crippen molar-refractivity contribution in [2.24, 2.45) is 0 Å². The molecule has 6 nitrogen and oxygen atoms in total. The predicted octanol–water partition coefficient (Wildman–Crippen LogP) is -0.224. The largest absolute Gasteiger partial charge is 0.390 e. The number of aliphatic hydroxyl groups is 2. The lowest BCUT2D eigenvalue weighted by Gasteiger charge is -2.36. The van der Waals surface area contributed by atoms with Gasteiger partial charge in [0.2, 0.25) is 0 Å². The molecule has 2 rings (SSSR count). The first-order chi connectivity index (χ1) is 8.72. The smallest absolute Gasteiger partial charge is 0.262 e. The van der Waals surface area contributed by atoms with E-state index in [0.717, 1.165) is 0 Å². The average Bonchev–Trinajstić information content (AvgIpc) is 2.51. The zero-order valence-corrected chi connectivity index (χ0v) is 10.9. The van der Waals surface area contributed by atoms with Gasteiger partial charge in [-0.25, -0.2) is 4.39 Å². The topological polar surface area (TPSA) is 82.0 Å². The van der Waals surface area contributed by atoms with Crippen molar-refractivity contribution in [1.29, 1.82) is 0 Å². The average molecular weight is 293 g/mol. The van der Waals surface area contributed by atoms with Crippen LogP contribution in [0.25, 0.3) is 0 Å². The van der Waals surface area contributed by atoms with Gasteiger partial charge in [-0.2, -0.15) is 0 Å². The van der Waals surface area contributed by atoms with Crippen LogP contribution in [-0.4, -0.2) is 50.7 Å². The molecule has 19 heavy (non-hydrogen) atoms. The predicted molar refractivity (Wildman–Crippen MR) is 64.3 cm³/mol. The molecule has 0 unspecified atom stereocenters. The maximum Gasteiger partial charge on any atom is 0.262 e. The number of carbonyl (C=O) groups is 1. The fraction of sp³-hybridized carbons (Fsp3) is 0.545. The van der Waals surface area contributed by atoms with Crippen molar-refractivity contribution < 1.29 is 24.1 Å². The summed E-state index contributed by atoms with van der Waals surface area (Å²) in [7, 11) is 0. The number of alkyl halides is 2. The Morgan fingerprint density at radius 2 is 2.37 bits per heavy atom. The molecule has 0 spiro atoms. The molecule has 1 fully saturated rings. The minimum Gasteiger partial charge on any atom is -0.390 e. The number of halogens is 2. The maximum atomic E-state index is 14.2. The second-order valence-electron chi connectivity index (χ2n) is 4.63. The Morgan fingerprint density at radius 3 is 2.84 bits per heavy atom. The monoisotopic (exact) mass is 292 g/mol. The van der Waals surface area contributed by atoms with Crippen LogP contribution in [0.5, 0.6) is 0 Å². The molecule has 0 aromatic heterocycles. The third kappa shape index (κ3) is 2.12. The molecule has 0 bridgehead atoms. The highest BCUT2D eigenvalue weighted by atomic mass is 35.5. The van der Waals surface area contributed by atoms with Gasteiger partial charge in [-0.1, -0.05) is 6.58 Å². The number of aliphatic hydroxyl groups excluding tert-OH is 2. The number of ether oxygens (including phenoxy) is 1. The summed E-state index contributed by atoms with van der Waals surface area (Å²) in [4.78, 5) is 10.9. The summed E-state index contributed by atoms with van der Waals surface area (Å²) in [6.07, 6.45) is -0.363. The van der Waals surface area contributed by atoms with Gasteiger partial charge in [0.05, 0.1) is 0 Å². The van der Waals surface area contributed by atoms with Gasteiger partial charge in [-0.15, -0.1) is 11.6 Å². The Kier molecular flexibility index (Phi) is 3.34. The lowest BCUT2D eigenvalue weighted by molar-refractivity contribution is -0.209. The highest BCUT2D eigenvalue weighted by molar-refractivity contribution is 6.24. The first kappa shape index (κ1) is 14.3. The number of nitrogens with one attached hydrogen (secondary N) is 1. The van der Waals surface area contributed by atoms with Crippen LogP contribution in [0.2, 0.25) is 0 Å². The molecule has 0 aromatic rings. The van der Waals surface area contributed by atoms with E-state index in [-0.39, 0.29) is 11.7 Å². The Balaban J connectivity index is 2.33. The standard InChI is InChI=1S/C11H14ClFN2O4/c1-6-14-7(17)3-4-15(6)9-10(2,12)8(18)11(13,5-16)19-9/h3-4,8-9,16,18H,1,5H2,2H3,(H,14,17)/t8-,9+,10+,11+/m0/s1. The molecule has 0 aromatic carbocycles. The molecule has 1 amide bonds. The number of amides is 1. The molecule has 0 aliphatic carbocycles. The number of carbonyl (C=O) groups excluding carboxylic acids is 1. The van der Waals surface area contributed by atoms with Crippen LogP contribution in [0.3, 0.4) is 0 Å². The first-order valence-corrected chi connectivity index (χ1v) is 5.91. The summed E-state index contributed by atoms with van der Waals surface area (Å²) in [6.45, 7) is 3.93. The summed E-state index contributed by atoms with van der Waals surface area (Å²) in [6, 6.07) is 0. The van der Waals surface area contributed by atoms with Crippen LogP contribution in [0.1, 0.15) is 6.92 Å². The maximum absolute atomic E-state index is 14.2. The quantitative estimate of drug-likeness (QED) is 0.613. The van der Waals surface area contributed by atoms with E-state index in [1.54, 1.807) is 0 Å². The van der Waals surface area contributed by atoms with Crippen molar-refractivity contribution in [2.75, 3.05) is 6.61 Å². The van der Waals surface area contributed by atoms with Crippen LogP contribution < -0.4 is 5.32 Å². The fourth-order valence-corrected chi connectivity index (χ4v) is 2.39. The lowest BCUT2D eigenvalue weighted by atomic mass is 9.99. The molecule has 1 saturated heterocycles. The van der Waals surface area contributed by atoms with Gasteiger partial charge < -0.3 is 25.2 Å². The van der Waals surface area contributed by atoms with E-state index in [9.17, 15) is 14.3 Å². The van der Waals surface area contributed by atoms with Crippen LogP contribution in [0.4, 0.5) is 4.39 Å². The number of nitrogens with zero attached hydrogens (tertiary/aromatic N) is 1. The lowest BCUT2D eigenvalue weighted by Crippen LogP contribution is -2.51. The van der Waals surface area contributed by atoms with Gasteiger partial charge in [-0.05, 0) is 6.92 Å². The van der Waals surface area contributed by atoms with Gasteiger partial charge in [-0.3, -0.25) is 4.79 Å². The molecule has 0 radical (unpaired) electrons. The summed E-state index contributed by atoms with van der Waals surface area (Å²) in [5.41, 5.74) is 0. The van der Waals surface area contributed by atoms with E-state index in [0.29, 0.717) is 0 Å². The van der Waals surface area contributed by atoms with Crippen LogP contribution in [-0.2, 0) is 9.53 Å². The second kappa shape index (κ2) is 4.45. The molecule has 2 aliphatic heterocycles. The van der Waals surface area contributed by atoms with E-state index < -0.39 is 29.7 Å². The molecule has 3 N–H and O–H groups in total. The van der Waals surface area contributed by atoms with Crippen LogP contribution in [0, 0.1) is 0 Å². The van der Waals surface area contributed by atoms with Crippen molar-refractivity contribution in [3.8, 4) is 0 Å². The van der Waals surface area contributed by atoms with Gasteiger partial charge in [0.25, 0.3) is 11.8 Å². The minimum absolute atomic E-state index is 0.138. The zero-order chi connectivity index (χ0) is 14.4. The van der Waals surface area contributed by atoms with E-state index in [1.807, 2.05) is 0 Å². The third-order valence-corrected chi connectivity index (χ3v) is 3.56. The Bertz CT molecular complexity index is 456. The van der Waals surface area contributed by atoms with Crippen LogP contribution in [0.15, 0.2) is 24.7 Å². The highest BCUT2D eigenvalue weighted by Crippen LogP contribution is 2.45. The minimum atomic E-state index is -2.67. The van der Waals surface area contributed by atoms with Gasteiger partial charge in [0.1, 0.15) is 23.4 Å². The molecular formula is C11H14ClFN2O4. The van der Waals surface area contributed by atoms with Crippen molar-refractivity contribution >= 4 is 17.5 Å². The van der Waals surface area contributed by atoms with Crippen molar-refractivity contribution in [3.63, 3.8) is 0 Å².